The minimum atomic E-state index is -0.0685. The van der Waals surface area contributed by atoms with Crippen LogP contribution in [-0.4, -0.2) is 54.6 Å². The zero-order chi connectivity index (χ0) is 21.9. The number of hydrogen-bond acceptors (Lipinski definition) is 5. The number of piperazine rings is 1. The van der Waals surface area contributed by atoms with Crippen molar-refractivity contribution in [2.24, 2.45) is 0 Å². The highest BCUT2D eigenvalue weighted by atomic mass is 16.7. The summed E-state index contributed by atoms with van der Waals surface area (Å²) in [5.74, 6) is 1.12. The Morgan fingerprint density at radius 1 is 1.00 bits per heavy atom. The predicted octanol–water partition coefficient (Wildman–Crippen LogP) is 3.98. The van der Waals surface area contributed by atoms with Gasteiger partial charge in [0.15, 0.2) is 11.7 Å². The first kappa shape index (κ1) is 21.2. The number of nitrogens with zero attached hydrogens (tertiary/aromatic N) is 3. The quantitative estimate of drug-likeness (QED) is 0.609. The Labute approximate surface area is 189 Å². The van der Waals surface area contributed by atoms with Crippen LogP contribution in [0.5, 0.6) is 0 Å². The van der Waals surface area contributed by atoms with E-state index in [-0.39, 0.29) is 17.9 Å². The SMILES string of the molecule is CC(OC1CCCCO1)N1CCN(c2cc(-c3ccccc3)c3ccc(=O)ccn23)CC1. The summed E-state index contributed by atoms with van der Waals surface area (Å²) in [4.78, 5) is 16.8. The lowest BCUT2D eigenvalue weighted by molar-refractivity contribution is -0.215. The van der Waals surface area contributed by atoms with Gasteiger partial charge in [-0.1, -0.05) is 30.3 Å². The van der Waals surface area contributed by atoms with Crippen molar-refractivity contribution in [3.63, 3.8) is 0 Å². The number of hydrogen-bond donors (Lipinski definition) is 0. The zero-order valence-corrected chi connectivity index (χ0v) is 18.7. The molecule has 0 aliphatic carbocycles. The standard InChI is InChI=1S/C26H31N3O3/c1-20(32-26-9-5-6-18-31-26)27-14-16-28(17-15-27)25-19-23(21-7-3-2-4-8-21)24-11-10-22(30)12-13-29(24)25/h2-4,7-8,10-13,19-20,26H,5-6,9,14-18H2,1H3. The van der Waals surface area contributed by atoms with Gasteiger partial charge in [0.2, 0.25) is 0 Å². The van der Waals surface area contributed by atoms with Gasteiger partial charge >= 0.3 is 0 Å². The molecule has 2 aliphatic rings. The summed E-state index contributed by atoms with van der Waals surface area (Å²) in [6, 6.07) is 17.8. The highest BCUT2D eigenvalue weighted by Crippen LogP contribution is 2.32. The molecule has 2 fully saturated rings. The molecule has 168 valence electrons. The first-order chi connectivity index (χ1) is 15.7. The number of fused-ring (bicyclic) bond motifs is 1. The number of ether oxygens (including phenoxy) is 2. The summed E-state index contributed by atoms with van der Waals surface area (Å²) in [7, 11) is 0. The summed E-state index contributed by atoms with van der Waals surface area (Å²) in [6.45, 7) is 6.59. The van der Waals surface area contributed by atoms with Gasteiger partial charge in [-0.05, 0) is 49.9 Å². The van der Waals surface area contributed by atoms with Crippen molar-refractivity contribution < 1.29 is 9.47 Å². The molecule has 0 spiro atoms. The summed E-state index contributed by atoms with van der Waals surface area (Å²) >= 11 is 0. The second-order valence-corrected chi connectivity index (χ2v) is 8.64. The number of aromatic nitrogens is 1. The average molecular weight is 434 g/mol. The zero-order valence-electron chi connectivity index (χ0n) is 18.7. The molecule has 2 saturated heterocycles. The summed E-state index contributed by atoms with van der Waals surface area (Å²) in [6.07, 6.45) is 5.18. The largest absolute Gasteiger partial charge is 0.355 e. The Balaban J connectivity index is 1.36. The minimum Gasteiger partial charge on any atom is -0.355 e. The molecule has 0 N–H and O–H groups in total. The fourth-order valence-corrected chi connectivity index (χ4v) is 4.75. The minimum absolute atomic E-state index is 0.0133. The van der Waals surface area contributed by atoms with Gasteiger partial charge in [-0.25, -0.2) is 0 Å². The fourth-order valence-electron chi connectivity index (χ4n) is 4.75. The first-order valence-electron chi connectivity index (χ1n) is 11.7. The number of benzene rings is 1. The molecular weight excluding hydrogens is 402 g/mol. The average Bonchev–Trinajstić information content (AvgIpc) is 3.10. The van der Waals surface area contributed by atoms with E-state index < -0.39 is 0 Å². The van der Waals surface area contributed by atoms with E-state index in [9.17, 15) is 4.79 Å². The lowest BCUT2D eigenvalue weighted by Gasteiger charge is -2.39. The van der Waals surface area contributed by atoms with Crippen LogP contribution in [0.25, 0.3) is 16.6 Å². The maximum Gasteiger partial charge on any atom is 0.180 e. The summed E-state index contributed by atoms with van der Waals surface area (Å²) in [5.41, 5.74) is 3.36. The summed E-state index contributed by atoms with van der Waals surface area (Å²) < 4.78 is 14.1. The fraction of sp³-hybridized carbons (Fsp3) is 0.423. The second kappa shape index (κ2) is 9.45. The first-order valence-corrected chi connectivity index (χ1v) is 11.7. The van der Waals surface area contributed by atoms with Gasteiger partial charge in [0.1, 0.15) is 12.0 Å². The molecule has 6 nitrogen and oxygen atoms in total. The molecule has 2 aromatic heterocycles. The van der Waals surface area contributed by atoms with Crippen molar-refractivity contribution in [3.8, 4) is 11.1 Å². The van der Waals surface area contributed by atoms with E-state index in [0.29, 0.717) is 0 Å². The van der Waals surface area contributed by atoms with Crippen LogP contribution in [-0.2, 0) is 9.47 Å². The molecule has 32 heavy (non-hydrogen) atoms. The van der Waals surface area contributed by atoms with Gasteiger partial charge in [0.05, 0.1) is 5.52 Å². The van der Waals surface area contributed by atoms with Crippen LogP contribution in [0.3, 0.4) is 0 Å². The molecule has 3 aromatic rings. The lowest BCUT2D eigenvalue weighted by Crippen LogP contribution is -2.51. The highest BCUT2D eigenvalue weighted by molar-refractivity contribution is 5.85. The Kier molecular flexibility index (Phi) is 6.26. The smallest absolute Gasteiger partial charge is 0.180 e. The third kappa shape index (κ3) is 4.44. The molecule has 5 rings (SSSR count). The molecule has 2 unspecified atom stereocenters. The molecule has 0 amide bonds. The van der Waals surface area contributed by atoms with Crippen LogP contribution in [0.2, 0.25) is 0 Å². The van der Waals surface area contributed by atoms with Crippen molar-refractivity contribution in [2.75, 3.05) is 37.7 Å². The monoisotopic (exact) mass is 433 g/mol. The Morgan fingerprint density at radius 2 is 1.81 bits per heavy atom. The van der Waals surface area contributed by atoms with E-state index >= 15 is 0 Å². The van der Waals surface area contributed by atoms with Gasteiger partial charge in [-0.15, -0.1) is 0 Å². The third-order valence-corrected chi connectivity index (χ3v) is 6.57. The topological polar surface area (TPSA) is 46.4 Å². The van der Waals surface area contributed by atoms with E-state index in [2.05, 4.69) is 51.5 Å². The molecular formula is C26H31N3O3. The van der Waals surface area contributed by atoms with E-state index in [1.54, 1.807) is 12.1 Å². The van der Waals surface area contributed by atoms with Gasteiger partial charge < -0.3 is 18.8 Å². The molecule has 0 radical (unpaired) electrons. The van der Waals surface area contributed by atoms with E-state index in [1.165, 1.54) is 6.42 Å². The van der Waals surface area contributed by atoms with Crippen LogP contribution in [0.1, 0.15) is 26.2 Å². The van der Waals surface area contributed by atoms with E-state index in [0.717, 1.165) is 68.1 Å². The van der Waals surface area contributed by atoms with Crippen LogP contribution in [0.15, 0.2) is 65.6 Å². The van der Waals surface area contributed by atoms with Crippen LogP contribution < -0.4 is 10.3 Å². The molecule has 4 heterocycles. The van der Waals surface area contributed by atoms with Crippen LogP contribution in [0.4, 0.5) is 5.82 Å². The van der Waals surface area contributed by atoms with Crippen molar-refractivity contribution in [1.82, 2.24) is 9.30 Å². The second-order valence-electron chi connectivity index (χ2n) is 8.64. The van der Waals surface area contributed by atoms with Gasteiger partial charge in [0, 0.05) is 50.6 Å². The Bertz CT molecular complexity index is 1100. The molecule has 2 aliphatic heterocycles. The molecule has 6 heteroatoms. The van der Waals surface area contributed by atoms with Crippen molar-refractivity contribution in [3.05, 3.63) is 71.0 Å². The van der Waals surface area contributed by atoms with Crippen LogP contribution >= 0.6 is 0 Å². The number of rotatable bonds is 5. The third-order valence-electron chi connectivity index (χ3n) is 6.57. The van der Waals surface area contributed by atoms with Crippen molar-refractivity contribution in [2.45, 2.75) is 38.7 Å². The van der Waals surface area contributed by atoms with E-state index in [4.69, 9.17) is 9.47 Å². The molecule has 0 saturated carbocycles. The lowest BCUT2D eigenvalue weighted by atomic mass is 10.1. The molecule has 0 bridgehead atoms. The number of anilines is 1. The molecule has 2 atom stereocenters. The predicted molar refractivity (Wildman–Crippen MR) is 127 cm³/mol. The maximum absolute atomic E-state index is 12.0. The normalized spacial score (nSPS) is 21.0. The van der Waals surface area contributed by atoms with Crippen molar-refractivity contribution >= 4 is 11.3 Å². The van der Waals surface area contributed by atoms with Gasteiger partial charge in [-0.3, -0.25) is 9.69 Å². The Hall–Kier alpha value is -2.67. The van der Waals surface area contributed by atoms with Crippen molar-refractivity contribution in [1.29, 1.82) is 0 Å². The Morgan fingerprint density at radius 3 is 2.56 bits per heavy atom. The van der Waals surface area contributed by atoms with E-state index in [1.807, 2.05) is 18.3 Å². The van der Waals surface area contributed by atoms with Gasteiger partial charge in [-0.2, -0.15) is 0 Å². The van der Waals surface area contributed by atoms with Crippen LogP contribution in [0, 0.1) is 0 Å². The molecule has 1 aromatic carbocycles. The summed E-state index contributed by atoms with van der Waals surface area (Å²) in [5, 5.41) is 0. The maximum atomic E-state index is 12.0. The van der Waals surface area contributed by atoms with Gasteiger partial charge in [0.25, 0.3) is 0 Å². The highest BCUT2D eigenvalue weighted by Gasteiger charge is 2.26.